The fourth-order valence-corrected chi connectivity index (χ4v) is 2.79. The summed E-state index contributed by atoms with van der Waals surface area (Å²) < 4.78 is 0. The average Bonchev–Trinajstić information content (AvgIpc) is 2.45. The molecule has 2 aromatic rings. The molecule has 0 aliphatic rings. The summed E-state index contributed by atoms with van der Waals surface area (Å²) in [6.45, 7) is 2.04. The average molecular weight is 310 g/mol. The summed E-state index contributed by atoms with van der Waals surface area (Å²) in [5, 5.41) is 10.8. The second kappa shape index (κ2) is 6.49. The second-order valence-corrected chi connectivity index (χ2v) is 5.59. The van der Waals surface area contributed by atoms with Crippen molar-refractivity contribution >= 4 is 28.9 Å². The van der Waals surface area contributed by atoms with Crippen LogP contribution in [0, 0.1) is 0 Å². The van der Waals surface area contributed by atoms with Gasteiger partial charge in [0, 0.05) is 17.6 Å². The topological polar surface area (TPSA) is 23.5 Å². The second-order valence-electron chi connectivity index (χ2n) is 4.75. The quantitative estimate of drug-likeness (QED) is 0.886. The zero-order chi connectivity index (χ0) is 14.7. The highest BCUT2D eigenvalue weighted by Crippen LogP contribution is 2.34. The largest absolute Gasteiger partial charge is 0.392 e. The Labute approximate surface area is 129 Å². The van der Waals surface area contributed by atoms with Crippen LogP contribution in [0.5, 0.6) is 0 Å². The van der Waals surface area contributed by atoms with Gasteiger partial charge >= 0.3 is 0 Å². The van der Waals surface area contributed by atoms with Crippen LogP contribution in [-0.4, -0.2) is 12.2 Å². The number of aliphatic hydroxyl groups is 1. The van der Waals surface area contributed by atoms with E-state index in [9.17, 15) is 5.11 Å². The molecule has 0 radical (unpaired) electrons. The lowest BCUT2D eigenvalue weighted by Gasteiger charge is -2.30. The fraction of sp³-hybridized carbons (Fsp3) is 0.250. The highest BCUT2D eigenvalue weighted by atomic mass is 35.5. The van der Waals surface area contributed by atoms with Gasteiger partial charge in [0.05, 0.1) is 23.4 Å². The molecule has 2 aromatic carbocycles. The first-order valence-electron chi connectivity index (χ1n) is 6.41. The van der Waals surface area contributed by atoms with Gasteiger partial charge in [-0.05, 0) is 30.7 Å². The lowest BCUT2D eigenvalue weighted by Crippen LogP contribution is -2.23. The lowest BCUT2D eigenvalue weighted by atomic mass is 10.1. The standard InChI is InChI=1S/C16H17Cl2NO/c1-11(12-5-3-7-14(17)9-12)19(2)16-13(10-20)6-4-8-15(16)18/h3-9,11,20H,10H2,1-2H3. The van der Waals surface area contributed by atoms with Crippen molar-refractivity contribution in [2.75, 3.05) is 11.9 Å². The van der Waals surface area contributed by atoms with E-state index < -0.39 is 0 Å². The van der Waals surface area contributed by atoms with Gasteiger partial charge < -0.3 is 10.0 Å². The highest BCUT2D eigenvalue weighted by molar-refractivity contribution is 6.33. The van der Waals surface area contributed by atoms with Crippen LogP contribution in [0.3, 0.4) is 0 Å². The maximum Gasteiger partial charge on any atom is 0.0702 e. The Kier molecular flexibility index (Phi) is 4.92. The molecule has 0 fully saturated rings. The Morgan fingerprint density at radius 3 is 2.50 bits per heavy atom. The zero-order valence-corrected chi connectivity index (χ0v) is 13.0. The van der Waals surface area contributed by atoms with Gasteiger partial charge in [-0.3, -0.25) is 0 Å². The summed E-state index contributed by atoms with van der Waals surface area (Å²) in [7, 11) is 1.96. The van der Waals surface area contributed by atoms with Gasteiger partial charge in [0.15, 0.2) is 0 Å². The Morgan fingerprint density at radius 1 is 1.15 bits per heavy atom. The van der Waals surface area contributed by atoms with Crippen molar-refractivity contribution < 1.29 is 5.11 Å². The molecule has 20 heavy (non-hydrogen) atoms. The van der Waals surface area contributed by atoms with Gasteiger partial charge in [-0.1, -0.05) is 47.5 Å². The van der Waals surface area contributed by atoms with E-state index in [4.69, 9.17) is 23.2 Å². The predicted octanol–water partition coefficient (Wildman–Crippen LogP) is 4.68. The van der Waals surface area contributed by atoms with E-state index in [1.165, 1.54) is 0 Å². The first-order chi connectivity index (χ1) is 9.54. The predicted molar refractivity (Wildman–Crippen MR) is 85.6 cm³/mol. The molecule has 0 saturated carbocycles. The molecule has 0 saturated heterocycles. The third-order valence-electron chi connectivity index (χ3n) is 3.51. The summed E-state index contributed by atoms with van der Waals surface area (Å²) in [4.78, 5) is 2.06. The van der Waals surface area contributed by atoms with Crippen LogP contribution in [0.15, 0.2) is 42.5 Å². The molecule has 0 spiro atoms. The monoisotopic (exact) mass is 309 g/mol. The van der Waals surface area contributed by atoms with Crippen molar-refractivity contribution in [2.24, 2.45) is 0 Å². The van der Waals surface area contributed by atoms with E-state index in [0.717, 1.165) is 16.8 Å². The SMILES string of the molecule is CC(c1cccc(Cl)c1)N(C)c1c(Cl)cccc1CO. The molecule has 0 aliphatic heterocycles. The number of hydrogen-bond donors (Lipinski definition) is 1. The molecule has 106 valence electrons. The Bertz CT molecular complexity index is 601. The van der Waals surface area contributed by atoms with E-state index >= 15 is 0 Å². The van der Waals surface area contributed by atoms with Crippen molar-refractivity contribution in [1.82, 2.24) is 0 Å². The van der Waals surface area contributed by atoms with E-state index in [0.29, 0.717) is 10.0 Å². The van der Waals surface area contributed by atoms with Gasteiger partial charge in [-0.2, -0.15) is 0 Å². The summed E-state index contributed by atoms with van der Waals surface area (Å²) in [6, 6.07) is 13.4. The molecular formula is C16H17Cl2NO. The van der Waals surface area contributed by atoms with Crippen LogP contribution < -0.4 is 4.90 Å². The number of rotatable bonds is 4. The Morgan fingerprint density at radius 2 is 1.85 bits per heavy atom. The summed E-state index contributed by atoms with van der Waals surface area (Å²) in [5.41, 5.74) is 2.77. The third-order valence-corrected chi connectivity index (χ3v) is 4.05. The molecule has 1 atom stereocenters. The molecule has 0 amide bonds. The van der Waals surface area contributed by atoms with E-state index in [-0.39, 0.29) is 12.6 Å². The molecule has 0 bridgehead atoms. The van der Waals surface area contributed by atoms with Crippen LogP contribution in [-0.2, 0) is 6.61 Å². The van der Waals surface area contributed by atoms with Gasteiger partial charge in [-0.25, -0.2) is 0 Å². The van der Waals surface area contributed by atoms with Crippen LogP contribution >= 0.6 is 23.2 Å². The number of para-hydroxylation sites is 1. The third kappa shape index (κ3) is 3.09. The van der Waals surface area contributed by atoms with Gasteiger partial charge in [-0.15, -0.1) is 0 Å². The number of hydrogen-bond acceptors (Lipinski definition) is 2. The van der Waals surface area contributed by atoms with Gasteiger partial charge in [0.2, 0.25) is 0 Å². The van der Waals surface area contributed by atoms with Gasteiger partial charge in [0.25, 0.3) is 0 Å². The summed E-state index contributed by atoms with van der Waals surface area (Å²) in [5.74, 6) is 0. The highest BCUT2D eigenvalue weighted by Gasteiger charge is 2.18. The van der Waals surface area contributed by atoms with E-state index in [2.05, 4.69) is 11.8 Å². The fourth-order valence-electron chi connectivity index (χ4n) is 2.27. The number of benzene rings is 2. The summed E-state index contributed by atoms with van der Waals surface area (Å²) >= 11 is 12.3. The van der Waals surface area contributed by atoms with Crippen LogP contribution in [0.1, 0.15) is 24.1 Å². The van der Waals surface area contributed by atoms with Crippen molar-refractivity contribution in [1.29, 1.82) is 0 Å². The first-order valence-corrected chi connectivity index (χ1v) is 7.16. The van der Waals surface area contributed by atoms with Crippen molar-refractivity contribution in [2.45, 2.75) is 19.6 Å². The number of nitrogens with zero attached hydrogens (tertiary/aromatic N) is 1. The molecule has 2 nitrogen and oxygen atoms in total. The molecule has 0 aromatic heterocycles. The number of halogens is 2. The first kappa shape index (κ1) is 15.2. The van der Waals surface area contributed by atoms with Crippen LogP contribution in [0.25, 0.3) is 0 Å². The normalized spacial score (nSPS) is 12.2. The van der Waals surface area contributed by atoms with Crippen molar-refractivity contribution in [3.05, 3.63) is 63.6 Å². The Hall–Kier alpha value is -1.22. The molecule has 1 N–H and O–H groups in total. The van der Waals surface area contributed by atoms with Crippen molar-refractivity contribution in [3.8, 4) is 0 Å². The molecule has 1 unspecified atom stereocenters. The van der Waals surface area contributed by atoms with Gasteiger partial charge in [0.1, 0.15) is 0 Å². The maximum atomic E-state index is 9.48. The van der Waals surface area contributed by atoms with Crippen LogP contribution in [0.2, 0.25) is 10.0 Å². The minimum Gasteiger partial charge on any atom is -0.392 e. The Balaban J connectivity index is 2.38. The minimum absolute atomic E-state index is 0.0392. The molecular weight excluding hydrogens is 293 g/mol. The smallest absolute Gasteiger partial charge is 0.0702 e. The van der Waals surface area contributed by atoms with Crippen LogP contribution in [0.4, 0.5) is 5.69 Å². The minimum atomic E-state index is -0.0392. The molecule has 2 rings (SSSR count). The van der Waals surface area contributed by atoms with Crippen molar-refractivity contribution in [3.63, 3.8) is 0 Å². The number of anilines is 1. The maximum absolute atomic E-state index is 9.48. The van der Waals surface area contributed by atoms with E-state index in [1.54, 1.807) is 0 Å². The number of aliphatic hydroxyl groups excluding tert-OH is 1. The summed E-state index contributed by atoms with van der Waals surface area (Å²) in [6.07, 6.45) is 0. The van der Waals surface area contributed by atoms with E-state index in [1.807, 2.05) is 49.5 Å². The lowest BCUT2D eigenvalue weighted by molar-refractivity contribution is 0.282. The molecule has 0 aliphatic carbocycles. The molecule has 0 heterocycles. The zero-order valence-electron chi connectivity index (χ0n) is 11.5. The molecule has 4 heteroatoms.